The summed E-state index contributed by atoms with van der Waals surface area (Å²) in [6.07, 6.45) is 3.85. The SMILES string of the molecule is CCNC(=NCCCc1ccc(OC)cc1)N1CCCC(C(=O)OCC)C1.I. The Labute approximate surface area is 186 Å². The van der Waals surface area contributed by atoms with Crippen molar-refractivity contribution >= 4 is 35.9 Å². The van der Waals surface area contributed by atoms with Gasteiger partial charge in [0.25, 0.3) is 0 Å². The van der Waals surface area contributed by atoms with Gasteiger partial charge in [-0.15, -0.1) is 24.0 Å². The number of carbonyl (C=O) groups is 1. The van der Waals surface area contributed by atoms with E-state index in [1.165, 1.54) is 5.56 Å². The van der Waals surface area contributed by atoms with Crippen molar-refractivity contribution in [3.8, 4) is 5.75 Å². The molecular formula is C21H34IN3O3. The van der Waals surface area contributed by atoms with Crippen LogP contribution in [0.15, 0.2) is 29.3 Å². The predicted octanol–water partition coefficient (Wildman–Crippen LogP) is 3.49. The minimum atomic E-state index is -0.0856. The third kappa shape index (κ3) is 7.85. The number of hydrogen-bond acceptors (Lipinski definition) is 4. The number of methoxy groups -OCH3 is 1. The van der Waals surface area contributed by atoms with Gasteiger partial charge in [-0.3, -0.25) is 9.79 Å². The fraction of sp³-hybridized carbons (Fsp3) is 0.619. The van der Waals surface area contributed by atoms with Crippen molar-refractivity contribution in [2.75, 3.05) is 39.9 Å². The van der Waals surface area contributed by atoms with Crippen LogP contribution in [0.25, 0.3) is 0 Å². The number of esters is 1. The van der Waals surface area contributed by atoms with Gasteiger partial charge in [-0.1, -0.05) is 12.1 Å². The highest BCUT2D eigenvalue weighted by Gasteiger charge is 2.28. The van der Waals surface area contributed by atoms with Gasteiger partial charge in [-0.2, -0.15) is 0 Å². The third-order valence-corrected chi connectivity index (χ3v) is 4.72. The molecule has 1 aliphatic heterocycles. The van der Waals surface area contributed by atoms with Crippen LogP contribution in [0.4, 0.5) is 0 Å². The Bertz CT molecular complexity index is 607. The van der Waals surface area contributed by atoms with Gasteiger partial charge in [0, 0.05) is 26.2 Å². The van der Waals surface area contributed by atoms with Crippen molar-refractivity contribution < 1.29 is 14.3 Å². The number of guanidine groups is 1. The topological polar surface area (TPSA) is 63.2 Å². The van der Waals surface area contributed by atoms with E-state index in [1.54, 1.807) is 7.11 Å². The summed E-state index contributed by atoms with van der Waals surface area (Å²) >= 11 is 0. The van der Waals surface area contributed by atoms with Gasteiger partial charge < -0.3 is 19.7 Å². The molecule has 0 aliphatic carbocycles. The van der Waals surface area contributed by atoms with Crippen molar-refractivity contribution in [1.82, 2.24) is 10.2 Å². The second kappa shape index (κ2) is 13.6. The van der Waals surface area contributed by atoms with Crippen LogP contribution in [0.5, 0.6) is 5.75 Å². The molecule has 0 saturated carbocycles. The van der Waals surface area contributed by atoms with Crippen molar-refractivity contribution in [2.24, 2.45) is 10.9 Å². The van der Waals surface area contributed by atoms with Crippen LogP contribution in [0, 0.1) is 5.92 Å². The smallest absolute Gasteiger partial charge is 0.310 e. The minimum Gasteiger partial charge on any atom is -0.497 e. The molecule has 1 aromatic carbocycles. The van der Waals surface area contributed by atoms with Gasteiger partial charge in [-0.25, -0.2) is 0 Å². The van der Waals surface area contributed by atoms with E-state index in [9.17, 15) is 4.79 Å². The Morgan fingerprint density at radius 3 is 2.68 bits per heavy atom. The molecular weight excluding hydrogens is 469 g/mol. The first-order chi connectivity index (χ1) is 13.2. The van der Waals surface area contributed by atoms with E-state index in [1.807, 2.05) is 19.1 Å². The molecule has 0 bridgehead atoms. The minimum absolute atomic E-state index is 0. The number of aliphatic imine (C=N–C) groups is 1. The van der Waals surface area contributed by atoms with Crippen molar-refractivity contribution in [2.45, 2.75) is 39.5 Å². The zero-order chi connectivity index (χ0) is 19.5. The molecule has 28 heavy (non-hydrogen) atoms. The second-order valence-corrected chi connectivity index (χ2v) is 6.72. The Morgan fingerprint density at radius 2 is 2.04 bits per heavy atom. The number of hydrogen-bond donors (Lipinski definition) is 1. The van der Waals surface area contributed by atoms with Crippen LogP contribution in [0.3, 0.4) is 0 Å². The molecule has 1 heterocycles. The first-order valence-corrected chi connectivity index (χ1v) is 10.0. The molecule has 2 rings (SSSR count). The highest BCUT2D eigenvalue weighted by molar-refractivity contribution is 14.0. The molecule has 158 valence electrons. The van der Waals surface area contributed by atoms with E-state index in [-0.39, 0.29) is 35.9 Å². The van der Waals surface area contributed by atoms with E-state index in [0.717, 1.165) is 57.0 Å². The van der Waals surface area contributed by atoms with Gasteiger partial charge >= 0.3 is 5.97 Å². The summed E-state index contributed by atoms with van der Waals surface area (Å²) < 4.78 is 10.4. The number of carbonyl (C=O) groups excluding carboxylic acids is 1. The molecule has 1 aliphatic rings. The third-order valence-electron chi connectivity index (χ3n) is 4.72. The number of ether oxygens (including phenoxy) is 2. The molecule has 6 nitrogen and oxygen atoms in total. The lowest BCUT2D eigenvalue weighted by atomic mass is 9.98. The number of nitrogens with one attached hydrogen (secondary N) is 1. The summed E-state index contributed by atoms with van der Waals surface area (Å²) in [6, 6.07) is 8.18. The lowest BCUT2D eigenvalue weighted by molar-refractivity contribution is -0.149. The van der Waals surface area contributed by atoms with E-state index < -0.39 is 0 Å². The fourth-order valence-corrected chi connectivity index (χ4v) is 3.31. The van der Waals surface area contributed by atoms with Crippen molar-refractivity contribution in [3.05, 3.63) is 29.8 Å². The molecule has 1 atom stereocenters. The lowest BCUT2D eigenvalue weighted by Gasteiger charge is -2.34. The van der Waals surface area contributed by atoms with Gasteiger partial charge in [0.1, 0.15) is 5.75 Å². The molecule has 1 aromatic rings. The van der Waals surface area contributed by atoms with Crippen molar-refractivity contribution in [3.63, 3.8) is 0 Å². The molecule has 1 fully saturated rings. The van der Waals surface area contributed by atoms with Crippen LogP contribution < -0.4 is 10.1 Å². The largest absolute Gasteiger partial charge is 0.497 e. The highest BCUT2D eigenvalue weighted by Crippen LogP contribution is 2.18. The maximum absolute atomic E-state index is 12.1. The Balaban J connectivity index is 0.00000392. The lowest BCUT2D eigenvalue weighted by Crippen LogP contribution is -2.48. The zero-order valence-corrected chi connectivity index (χ0v) is 19.6. The summed E-state index contributed by atoms with van der Waals surface area (Å²) in [5, 5.41) is 3.36. The summed E-state index contributed by atoms with van der Waals surface area (Å²) in [5.41, 5.74) is 1.29. The van der Waals surface area contributed by atoms with Gasteiger partial charge in [0.15, 0.2) is 5.96 Å². The van der Waals surface area contributed by atoms with E-state index >= 15 is 0 Å². The number of rotatable bonds is 8. The van der Waals surface area contributed by atoms with Crippen LogP contribution in [0.2, 0.25) is 0 Å². The standard InChI is InChI=1S/C21H33N3O3.HI/c1-4-22-21(24-15-7-9-18(16-24)20(25)27-5-2)23-14-6-8-17-10-12-19(26-3)13-11-17;/h10-13,18H,4-9,14-16H2,1-3H3,(H,22,23);1H. The average molecular weight is 503 g/mol. The maximum atomic E-state index is 12.1. The summed E-state index contributed by atoms with van der Waals surface area (Å²) in [6.45, 7) is 7.55. The van der Waals surface area contributed by atoms with Crippen LogP contribution >= 0.6 is 24.0 Å². The van der Waals surface area contributed by atoms with Gasteiger partial charge in [0.05, 0.1) is 19.6 Å². The Hall–Kier alpha value is -1.51. The molecule has 0 aromatic heterocycles. The average Bonchev–Trinajstić information content (AvgIpc) is 2.71. The second-order valence-electron chi connectivity index (χ2n) is 6.72. The van der Waals surface area contributed by atoms with E-state index in [4.69, 9.17) is 14.5 Å². The normalized spacial score (nSPS) is 16.9. The molecule has 1 N–H and O–H groups in total. The molecule has 1 saturated heterocycles. The molecule has 0 amide bonds. The predicted molar refractivity (Wildman–Crippen MR) is 124 cm³/mol. The number of likely N-dealkylation sites (tertiary alicyclic amines) is 1. The number of benzene rings is 1. The van der Waals surface area contributed by atoms with Gasteiger partial charge in [-0.05, 0) is 57.2 Å². The summed E-state index contributed by atoms with van der Waals surface area (Å²) in [7, 11) is 1.68. The van der Waals surface area contributed by atoms with Crippen LogP contribution in [-0.4, -0.2) is 56.7 Å². The van der Waals surface area contributed by atoms with Crippen LogP contribution in [0.1, 0.15) is 38.7 Å². The Kier molecular flexibility index (Phi) is 11.9. The van der Waals surface area contributed by atoms with Crippen molar-refractivity contribution in [1.29, 1.82) is 0 Å². The van der Waals surface area contributed by atoms with Gasteiger partial charge in [0.2, 0.25) is 0 Å². The molecule has 0 spiro atoms. The molecule has 0 radical (unpaired) electrons. The quantitative estimate of drug-likeness (QED) is 0.194. The first kappa shape index (κ1) is 24.5. The maximum Gasteiger partial charge on any atom is 0.310 e. The van der Waals surface area contributed by atoms with E-state index in [2.05, 4.69) is 29.3 Å². The Morgan fingerprint density at radius 1 is 1.29 bits per heavy atom. The first-order valence-electron chi connectivity index (χ1n) is 10.0. The molecule has 1 unspecified atom stereocenters. The summed E-state index contributed by atoms with van der Waals surface area (Å²) in [5.74, 6) is 1.65. The number of piperidine rings is 1. The van der Waals surface area contributed by atoms with E-state index in [0.29, 0.717) is 13.2 Å². The van der Waals surface area contributed by atoms with Crippen LogP contribution in [-0.2, 0) is 16.0 Å². The summed E-state index contributed by atoms with van der Waals surface area (Å²) in [4.78, 5) is 19.0. The number of aryl methyl sites for hydroxylation is 1. The number of halogens is 1. The zero-order valence-electron chi connectivity index (χ0n) is 17.3. The monoisotopic (exact) mass is 503 g/mol. The highest BCUT2D eigenvalue weighted by atomic mass is 127. The molecule has 7 heteroatoms. The number of nitrogens with zero attached hydrogens (tertiary/aromatic N) is 2. The fourth-order valence-electron chi connectivity index (χ4n) is 3.31.